The SMILES string of the molecule is Cc1ccc(N)nc1C(O)C(O)CBr. The average molecular weight is 261 g/mol. The number of alkyl halides is 1. The first-order valence-electron chi connectivity index (χ1n) is 4.21. The molecule has 1 aromatic heterocycles. The highest BCUT2D eigenvalue weighted by molar-refractivity contribution is 9.09. The number of anilines is 1. The van der Waals surface area contributed by atoms with Crippen LogP contribution in [0.5, 0.6) is 0 Å². The first-order chi connectivity index (χ1) is 6.56. The molecule has 14 heavy (non-hydrogen) atoms. The van der Waals surface area contributed by atoms with Gasteiger partial charge in [-0.1, -0.05) is 22.0 Å². The molecular weight excluding hydrogens is 248 g/mol. The number of aromatic nitrogens is 1. The normalized spacial score (nSPS) is 15.1. The Kier molecular flexibility index (Phi) is 3.86. The van der Waals surface area contributed by atoms with Crippen LogP contribution < -0.4 is 5.73 Å². The molecule has 0 aliphatic carbocycles. The molecule has 1 rings (SSSR count). The molecule has 78 valence electrons. The van der Waals surface area contributed by atoms with E-state index in [0.29, 0.717) is 16.8 Å². The van der Waals surface area contributed by atoms with Crippen LogP contribution in [0.3, 0.4) is 0 Å². The Morgan fingerprint density at radius 2 is 2.14 bits per heavy atom. The lowest BCUT2D eigenvalue weighted by Crippen LogP contribution is -2.21. The Bertz CT molecular complexity index is 320. The summed E-state index contributed by atoms with van der Waals surface area (Å²) in [5.74, 6) is 0.339. The fourth-order valence-electron chi connectivity index (χ4n) is 1.13. The summed E-state index contributed by atoms with van der Waals surface area (Å²) in [7, 11) is 0. The van der Waals surface area contributed by atoms with Crippen LogP contribution in [0.15, 0.2) is 12.1 Å². The van der Waals surface area contributed by atoms with Crippen molar-refractivity contribution in [1.29, 1.82) is 0 Å². The van der Waals surface area contributed by atoms with Crippen LogP contribution in [-0.4, -0.2) is 26.6 Å². The highest BCUT2D eigenvalue weighted by Crippen LogP contribution is 2.20. The smallest absolute Gasteiger partial charge is 0.123 e. The van der Waals surface area contributed by atoms with Gasteiger partial charge in [0.05, 0.1) is 11.8 Å². The van der Waals surface area contributed by atoms with Crippen LogP contribution in [0.4, 0.5) is 5.82 Å². The minimum atomic E-state index is -1.00. The van der Waals surface area contributed by atoms with Crippen molar-refractivity contribution in [2.75, 3.05) is 11.1 Å². The van der Waals surface area contributed by atoms with Gasteiger partial charge in [-0.15, -0.1) is 0 Å². The van der Waals surface area contributed by atoms with Gasteiger partial charge in [0.15, 0.2) is 0 Å². The number of halogens is 1. The van der Waals surface area contributed by atoms with Crippen molar-refractivity contribution >= 4 is 21.7 Å². The number of pyridine rings is 1. The van der Waals surface area contributed by atoms with Gasteiger partial charge in [-0.3, -0.25) is 0 Å². The molecular formula is C9H13BrN2O2. The zero-order valence-electron chi connectivity index (χ0n) is 7.81. The number of aliphatic hydroxyl groups excluding tert-OH is 2. The molecule has 0 fully saturated rings. The third-order valence-electron chi connectivity index (χ3n) is 1.96. The number of rotatable bonds is 3. The zero-order chi connectivity index (χ0) is 10.7. The quantitative estimate of drug-likeness (QED) is 0.702. The molecule has 0 spiro atoms. The third-order valence-corrected chi connectivity index (χ3v) is 2.62. The number of nitrogen functional groups attached to an aromatic ring is 1. The average Bonchev–Trinajstić information content (AvgIpc) is 2.19. The minimum absolute atomic E-state index is 0.296. The molecule has 1 heterocycles. The van der Waals surface area contributed by atoms with Crippen LogP contribution >= 0.6 is 15.9 Å². The predicted octanol–water partition coefficient (Wildman–Crippen LogP) is 0.761. The van der Waals surface area contributed by atoms with E-state index in [1.54, 1.807) is 12.1 Å². The summed E-state index contributed by atoms with van der Waals surface area (Å²) in [4.78, 5) is 3.99. The summed E-state index contributed by atoms with van der Waals surface area (Å²) < 4.78 is 0. The molecule has 0 aliphatic rings. The van der Waals surface area contributed by atoms with Crippen molar-refractivity contribution < 1.29 is 10.2 Å². The van der Waals surface area contributed by atoms with E-state index < -0.39 is 12.2 Å². The van der Waals surface area contributed by atoms with Crippen molar-refractivity contribution in [3.8, 4) is 0 Å². The maximum absolute atomic E-state index is 9.70. The van der Waals surface area contributed by atoms with E-state index in [1.807, 2.05) is 6.92 Å². The zero-order valence-corrected chi connectivity index (χ0v) is 9.40. The second-order valence-electron chi connectivity index (χ2n) is 3.10. The van der Waals surface area contributed by atoms with Crippen molar-refractivity contribution in [2.45, 2.75) is 19.1 Å². The standard InChI is InChI=1S/C9H13BrN2O2/c1-5-2-3-7(11)12-8(5)9(14)6(13)4-10/h2-3,6,9,13-14H,4H2,1H3,(H2,11,12). The Morgan fingerprint density at radius 3 is 2.71 bits per heavy atom. The maximum Gasteiger partial charge on any atom is 0.123 e. The van der Waals surface area contributed by atoms with Crippen LogP contribution in [-0.2, 0) is 0 Å². The Morgan fingerprint density at radius 1 is 1.50 bits per heavy atom. The van der Waals surface area contributed by atoms with Gasteiger partial charge in [-0.05, 0) is 18.6 Å². The van der Waals surface area contributed by atoms with Crippen LogP contribution in [0.25, 0.3) is 0 Å². The minimum Gasteiger partial charge on any atom is -0.389 e. The van der Waals surface area contributed by atoms with Gasteiger partial charge in [-0.2, -0.15) is 0 Å². The van der Waals surface area contributed by atoms with Crippen molar-refractivity contribution in [3.63, 3.8) is 0 Å². The molecule has 2 unspecified atom stereocenters. The Labute approximate surface area is 90.9 Å². The third kappa shape index (κ3) is 2.43. The number of aliphatic hydroxyl groups is 2. The largest absolute Gasteiger partial charge is 0.389 e. The van der Waals surface area contributed by atoms with Gasteiger partial charge < -0.3 is 15.9 Å². The fraction of sp³-hybridized carbons (Fsp3) is 0.444. The molecule has 0 bridgehead atoms. The van der Waals surface area contributed by atoms with Crippen molar-refractivity contribution in [1.82, 2.24) is 4.98 Å². The van der Waals surface area contributed by atoms with E-state index in [1.165, 1.54) is 0 Å². The summed E-state index contributed by atoms with van der Waals surface area (Å²) >= 11 is 3.09. The molecule has 2 atom stereocenters. The van der Waals surface area contributed by atoms with Crippen LogP contribution in [0.1, 0.15) is 17.4 Å². The van der Waals surface area contributed by atoms with Gasteiger partial charge in [0.1, 0.15) is 11.9 Å². The Hall–Kier alpha value is -0.650. The lowest BCUT2D eigenvalue weighted by Gasteiger charge is -2.17. The van der Waals surface area contributed by atoms with E-state index in [0.717, 1.165) is 5.56 Å². The lowest BCUT2D eigenvalue weighted by atomic mass is 10.1. The molecule has 0 saturated heterocycles. The lowest BCUT2D eigenvalue weighted by molar-refractivity contribution is 0.0312. The van der Waals surface area contributed by atoms with Crippen molar-refractivity contribution in [3.05, 3.63) is 23.4 Å². The summed E-state index contributed by atoms with van der Waals surface area (Å²) in [5, 5.41) is 19.4. The van der Waals surface area contributed by atoms with E-state index in [9.17, 15) is 10.2 Å². The molecule has 0 aromatic carbocycles. The van der Waals surface area contributed by atoms with Crippen molar-refractivity contribution in [2.24, 2.45) is 0 Å². The van der Waals surface area contributed by atoms with Gasteiger partial charge in [0.25, 0.3) is 0 Å². The highest BCUT2D eigenvalue weighted by atomic mass is 79.9. The summed E-state index contributed by atoms with van der Waals surface area (Å²) in [6.45, 7) is 1.81. The fourth-order valence-corrected chi connectivity index (χ4v) is 1.48. The van der Waals surface area contributed by atoms with E-state index in [-0.39, 0.29) is 0 Å². The molecule has 0 radical (unpaired) electrons. The topological polar surface area (TPSA) is 79.4 Å². The monoisotopic (exact) mass is 260 g/mol. The second-order valence-corrected chi connectivity index (χ2v) is 3.75. The van der Waals surface area contributed by atoms with Crippen LogP contribution in [0.2, 0.25) is 0 Å². The molecule has 0 amide bonds. The first-order valence-corrected chi connectivity index (χ1v) is 5.33. The van der Waals surface area contributed by atoms with Gasteiger partial charge in [0.2, 0.25) is 0 Å². The number of hydrogen-bond donors (Lipinski definition) is 3. The van der Waals surface area contributed by atoms with Gasteiger partial charge in [-0.25, -0.2) is 4.98 Å². The summed E-state index contributed by atoms with van der Waals surface area (Å²) in [6, 6.07) is 3.42. The van der Waals surface area contributed by atoms with E-state index in [4.69, 9.17) is 5.73 Å². The van der Waals surface area contributed by atoms with Gasteiger partial charge in [0, 0.05) is 5.33 Å². The molecule has 5 heteroatoms. The number of aryl methyl sites for hydroxylation is 1. The maximum atomic E-state index is 9.70. The molecule has 0 aliphatic heterocycles. The summed E-state index contributed by atoms with van der Waals surface area (Å²) in [6.07, 6.45) is -1.87. The molecule has 4 nitrogen and oxygen atoms in total. The second kappa shape index (κ2) is 4.72. The molecule has 4 N–H and O–H groups in total. The molecule has 0 saturated carbocycles. The number of nitrogens with two attached hydrogens (primary N) is 1. The Balaban J connectivity index is 2.99. The number of hydrogen-bond acceptors (Lipinski definition) is 4. The van der Waals surface area contributed by atoms with E-state index in [2.05, 4.69) is 20.9 Å². The highest BCUT2D eigenvalue weighted by Gasteiger charge is 2.20. The molecule has 1 aromatic rings. The van der Waals surface area contributed by atoms with E-state index >= 15 is 0 Å². The van der Waals surface area contributed by atoms with Gasteiger partial charge >= 0.3 is 0 Å². The predicted molar refractivity (Wildman–Crippen MR) is 58.1 cm³/mol. The number of nitrogens with zero attached hydrogens (tertiary/aromatic N) is 1. The first kappa shape index (κ1) is 11.4. The van der Waals surface area contributed by atoms with Crippen LogP contribution in [0, 0.1) is 6.92 Å². The summed E-state index contributed by atoms with van der Waals surface area (Å²) in [5.41, 5.74) is 6.73.